The Kier molecular flexibility index (Phi) is 4.63. The van der Waals surface area contributed by atoms with Crippen LogP contribution in [-0.2, 0) is 16.4 Å². The highest BCUT2D eigenvalue weighted by Gasteiger charge is 2.23. The van der Waals surface area contributed by atoms with Gasteiger partial charge in [0, 0.05) is 4.88 Å². The van der Waals surface area contributed by atoms with Crippen LogP contribution in [0, 0.1) is 5.92 Å². The minimum Gasteiger partial charge on any atom is -0.229 e. The summed E-state index contributed by atoms with van der Waals surface area (Å²) in [6.45, 7) is 4.15. The van der Waals surface area contributed by atoms with Gasteiger partial charge >= 0.3 is 0 Å². The van der Waals surface area contributed by atoms with Crippen molar-refractivity contribution in [2.75, 3.05) is 0 Å². The summed E-state index contributed by atoms with van der Waals surface area (Å²) in [6, 6.07) is 0. The van der Waals surface area contributed by atoms with Crippen LogP contribution >= 0.6 is 11.3 Å². The zero-order valence-corrected chi connectivity index (χ0v) is 13.2. The molecule has 1 fully saturated rings. The van der Waals surface area contributed by atoms with Gasteiger partial charge < -0.3 is 0 Å². The van der Waals surface area contributed by atoms with Gasteiger partial charge in [0.15, 0.2) is 0 Å². The fraction of sp³-hybridized carbons (Fsp3) is 0.769. The summed E-state index contributed by atoms with van der Waals surface area (Å²) in [5.41, 5.74) is 0.955. The first kappa shape index (κ1) is 14.9. The number of sulfonamides is 1. The third-order valence-electron chi connectivity index (χ3n) is 3.68. The molecule has 1 aliphatic rings. The van der Waals surface area contributed by atoms with E-state index in [0.717, 1.165) is 17.0 Å². The van der Waals surface area contributed by atoms with Crippen molar-refractivity contribution in [1.29, 1.82) is 0 Å². The van der Waals surface area contributed by atoms with E-state index in [2.05, 4.69) is 18.8 Å². The molecule has 1 aromatic heterocycles. The molecular formula is C13H22N2O2S2. The molecule has 0 bridgehead atoms. The van der Waals surface area contributed by atoms with Crippen molar-refractivity contribution in [3.8, 4) is 0 Å². The van der Waals surface area contributed by atoms with Crippen molar-refractivity contribution in [2.24, 2.45) is 11.1 Å². The molecular weight excluding hydrogens is 280 g/mol. The molecule has 0 unspecified atom stereocenters. The van der Waals surface area contributed by atoms with Gasteiger partial charge in [0.05, 0.1) is 5.69 Å². The molecule has 0 spiro atoms. The van der Waals surface area contributed by atoms with Crippen LogP contribution in [-0.4, -0.2) is 13.4 Å². The molecule has 0 aromatic carbocycles. The first-order valence-electron chi connectivity index (χ1n) is 6.90. The molecule has 2 N–H and O–H groups in total. The van der Waals surface area contributed by atoms with E-state index >= 15 is 0 Å². The zero-order valence-electron chi connectivity index (χ0n) is 11.6. The second kappa shape index (κ2) is 5.89. The summed E-state index contributed by atoms with van der Waals surface area (Å²) in [6.07, 6.45) is 7.27. The lowest BCUT2D eigenvalue weighted by molar-refractivity contribution is 0.353. The van der Waals surface area contributed by atoms with Crippen molar-refractivity contribution in [3.63, 3.8) is 0 Å². The lowest BCUT2D eigenvalue weighted by atomic mass is 9.85. The molecule has 0 saturated heterocycles. The fourth-order valence-electron chi connectivity index (χ4n) is 2.72. The molecule has 0 aliphatic heterocycles. The quantitative estimate of drug-likeness (QED) is 0.929. The molecule has 4 nitrogen and oxygen atoms in total. The lowest BCUT2D eigenvalue weighted by Gasteiger charge is -2.21. The highest BCUT2D eigenvalue weighted by molar-refractivity contribution is 7.91. The normalized spacial score (nSPS) is 18.1. The van der Waals surface area contributed by atoms with Crippen LogP contribution in [0.1, 0.15) is 62.4 Å². The van der Waals surface area contributed by atoms with Gasteiger partial charge in [-0.3, -0.25) is 0 Å². The Morgan fingerprint density at radius 2 is 1.95 bits per heavy atom. The van der Waals surface area contributed by atoms with Crippen LogP contribution < -0.4 is 5.14 Å². The molecule has 0 atom stereocenters. The molecule has 19 heavy (non-hydrogen) atoms. The van der Waals surface area contributed by atoms with E-state index in [9.17, 15) is 8.42 Å². The fourth-order valence-corrected chi connectivity index (χ4v) is 4.52. The Bertz CT molecular complexity index is 529. The van der Waals surface area contributed by atoms with E-state index in [1.165, 1.54) is 43.4 Å². The number of nitrogens with zero attached hydrogens (tertiary/aromatic N) is 1. The Labute approximate surface area is 119 Å². The molecule has 6 heteroatoms. The van der Waals surface area contributed by atoms with E-state index in [1.807, 2.05) is 0 Å². The van der Waals surface area contributed by atoms with Gasteiger partial charge in [0.25, 0.3) is 10.0 Å². The second-order valence-corrected chi connectivity index (χ2v) is 8.46. The molecule has 2 rings (SSSR count). The van der Waals surface area contributed by atoms with Gasteiger partial charge in [-0.1, -0.05) is 46.0 Å². The minimum absolute atomic E-state index is 0.0713. The van der Waals surface area contributed by atoms with Gasteiger partial charge in [-0.25, -0.2) is 18.5 Å². The van der Waals surface area contributed by atoms with Crippen molar-refractivity contribution in [3.05, 3.63) is 10.6 Å². The third kappa shape index (κ3) is 3.77. The van der Waals surface area contributed by atoms with Crippen molar-refractivity contribution < 1.29 is 8.42 Å². The molecule has 1 aromatic rings. The van der Waals surface area contributed by atoms with Crippen molar-refractivity contribution in [2.45, 2.75) is 62.6 Å². The van der Waals surface area contributed by atoms with Crippen LogP contribution in [0.25, 0.3) is 0 Å². The van der Waals surface area contributed by atoms with Crippen LogP contribution in [0.4, 0.5) is 0 Å². The van der Waals surface area contributed by atoms with Gasteiger partial charge in [-0.15, -0.1) is 11.3 Å². The molecule has 1 heterocycles. The third-order valence-corrected chi connectivity index (χ3v) is 6.40. The predicted molar refractivity (Wildman–Crippen MR) is 77.9 cm³/mol. The number of thiazole rings is 1. The molecule has 108 valence electrons. The standard InChI is InChI=1S/C13H22N2O2S2/c1-9(2)12-11(8-10-6-4-3-5-7-10)15-13(18-12)19(14,16)17/h9-10H,3-8H2,1-2H3,(H2,14,16,17). The predicted octanol–water partition coefficient (Wildman–Crippen LogP) is 3.04. The number of hydrogen-bond acceptors (Lipinski definition) is 4. The van der Waals surface area contributed by atoms with Gasteiger partial charge in [0.1, 0.15) is 0 Å². The number of aromatic nitrogens is 1. The number of hydrogen-bond donors (Lipinski definition) is 1. The Morgan fingerprint density at radius 1 is 1.32 bits per heavy atom. The Balaban J connectivity index is 2.24. The molecule has 0 amide bonds. The molecule has 1 saturated carbocycles. The molecule has 0 radical (unpaired) electrons. The van der Waals surface area contributed by atoms with E-state index in [0.29, 0.717) is 11.8 Å². The largest absolute Gasteiger partial charge is 0.265 e. The lowest BCUT2D eigenvalue weighted by Crippen LogP contribution is -2.13. The summed E-state index contributed by atoms with van der Waals surface area (Å²) in [7, 11) is -3.67. The first-order chi connectivity index (χ1) is 8.88. The van der Waals surface area contributed by atoms with Crippen LogP contribution in [0.2, 0.25) is 0 Å². The van der Waals surface area contributed by atoms with E-state index in [4.69, 9.17) is 5.14 Å². The number of nitrogens with two attached hydrogens (primary N) is 1. The average Bonchev–Trinajstić information content (AvgIpc) is 2.74. The van der Waals surface area contributed by atoms with Gasteiger partial charge in [-0.05, 0) is 18.3 Å². The maximum absolute atomic E-state index is 11.4. The van der Waals surface area contributed by atoms with Crippen molar-refractivity contribution >= 4 is 21.4 Å². The summed E-state index contributed by atoms with van der Waals surface area (Å²) >= 11 is 1.24. The van der Waals surface area contributed by atoms with Crippen LogP contribution in [0.5, 0.6) is 0 Å². The second-order valence-electron chi connectivity index (χ2n) is 5.70. The Hall–Kier alpha value is -0.460. The maximum atomic E-state index is 11.4. The maximum Gasteiger partial charge on any atom is 0.265 e. The van der Waals surface area contributed by atoms with E-state index < -0.39 is 10.0 Å². The first-order valence-corrected chi connectivity index (χ1v) is 9.26. The highest BCUT2D eigenvalue weighted by atomic mass is 32.2. The van der Waals surface area contributed by atoms with Crippen LogP contribution in [0.3, 0.4) is 0 Å². The van der Waals surface area contributed by atoms with Crippen molar-refractivity contribution in [1.82, 2.24) is 4.98 Å². The summed E-state index contributed by atoms with van der Waals surface area (Å²) in [5.74, 6) is 0.952. The summed E-state index contributed by atoms with van der Waals surface area (Å²) < 4.78 is 22.9. The highest BCUT2D eigenvalue weighted by Crippen LogP contribution is 2.33. The minimum atomic E-state index is -3.67. The smallest absolute Gasteiger partial charge is 0.229 e. The van der Waals surface area contributed by atoms with Gasteiger partial charge in [-0.2, -0.15) is 0 Å². The monoisotopic (exact) mass is 302 g/mol. The summed E-state index contributed by atoms with van der Waals surface area (Å²) in [4.78, 5) is 5.38. The van der Waals surface area contributed by atoms with Gasteiger partial charge in [0.2, 0.25) is 4.34 Å². The Morgan fingerprint density at radius 3 is 2.47 bits per heavy atom. The number of primary sulfonamides is 1. The topological polar surface area (TPSA) is 73.1 Å². The summed E-state index contributed by atoms with van der Waals surface area (Å²) in [5, 5.41) is 5.19. The van der Waals surface area contributed by atoms with E-state index in [1.54, 1.807) is 0 Å². The molecule has 1 aliphatic carbocycles. The number of rotatable bonds is 4. The van der Waals surface area contributed by atoms with Crippen LogP contribution in [0.15, 0.2) is 4.34 Å². The zero-order chi connectivity index (χ0) is 14.0. The van der Waals surface area contributed by atoms with E-state index in [-0.39, 0.29) is 4.34 Å². The SMILES string of the molecule is CC(C)c1sc(S(N)(=O)=O)nc1CC1CCCCC1. The average molecular weight is 302 g/mol.